The molecule has 2 saturated carbocycles. The van der Waals surface area contributed by atoms with Gasteiger partial charge in [0.15, 0.2) is 6.61 Å². The summed E-state index contributed by atoms with van der Waals surface area (Å²) in [5.74, 6) is 0.763. The van der Waals surface area contributed by atoms with Gasteiger partial charge >= 0.3 is 0 Å². The summed E-state index contributed by atoms with van der Waals surface area (Å²) in [5.41, 5.74) is 2.26. The SMILES string of the molecule is Cc1ccnc2c1[C@H]1CC[C@H](CC1)OCC1[C@@H](NS(=O)(=O)C3CC3)CCN1C(=O)CO2. The normalized spacial score (nSPS) is 31.8. The second kappa shape index (κ2) is 8.33. The van der Waals surface area contributed by atoms with Gasteiger partial charge in [0.1, 0.15) is 0 Å². The van der Waals surface area contributed by atoms with E-state index in [4.69, 9.17) is 9.47 Å². The molecule has 5 aliphatic rings. The zero-order chi connectivity index (χ0) is 21.6. The molecule has 0 spiro atoms. The quantitative estimate of drug-likeness (QED) is 0.757. The van der Waals surface area contributed by atoms with Crippen LogP contribution in [0.3, 0.4) is 0 Å². The number of nitrogens with one attached hydrogen (secondary N) is 1. The largest absolute Gasteiger partial charge is 0.467 e. The van der Waals surface area contributed by atoms with Crippen molar-refractivity contribution in [1.82, 2.24) is 14.6 Å². The first-order chi connectivity index (χ1) is 14.9. The predicted molar refractivity (Wildman–Crippen MR) is 114 cm³/mol. The highest BCUT2D eigenvalue weighted by Gasteiger charge is 2.44. The van der Waals surface area contributed by atoms with Gasteiger partial charge in [-0.05, 0) is 69.4 Å². The lowest BCUT2D eigenvalue weighted by atomic mass is 9.81. The smallest absolute Gasteiger partial charge is 0.260 e. The number of rotatable bonds is 3. The molecule has 170 valence electrons. The number of pyridine rings is 1. The number of amides is 1. The van der Waals surface area contributed by atoms with Crippen LogP contribution in [0.25, 0.3) is 0 Å². The van der Waals surface area contributed by atoms with Crippen molar-refractivity contribution in [2.75, 3.05) is 19.8 Å². The third-order valence-corrected chi connectivity index (χ3v) is 9.21. The summed E-state index contributed by atoms with van der Waals surface area (Å²) in [4.78, 5) is 19.2. The molecule has 1 amide bonds. The van der Waals surface area contributed by atoms with Gasteiger partial charge in [-0.2, -0.15) is 0 Å². The number of aryl methyl sites for hydroxylation is 1. The molecule has 6 rings (SSSR count). The van der Waals surface area contributed by atoms with Crippen molar-refractivity contribution in [1.29, 1.82) is 0 Å². The van der Waals surface area contributed by atoms with E-state index in [2.05, 4.69) is 16.6 Å². The molecule has 8 nitrogen and oxygen atoms in total. The van der Waals surface area contributed by atoms with Crippen LogP contribution in [0, 0.1) is 6.92 Å². The maximum absolute atomic E-state index is 13.1. The van der Waals surface area contributed by atoms with Crippen molar-refractivity contribution in [3.05, 3.63) is 23.4 Å². The molecule has 2 bridgehead atoms. The summed E-state index contributed by atoms with van der Waals surface area (Å²) in [5, 5.41) is -0.280. The fourth-order valence-electron chi connectivity index (χ4n) is 5.31. The molecule has 2 aliphatic carbocycles. The number of sulfonamides is 1. The van der Waals surface area contributed by atoms with Gasteiger partial charge in [-0.3, -0.25) is 4.79 Å². The van der Waals surface area contributed by atoms with E-state index in [1.54, 1.807) is 11.1 Å². The Balaban J connectivity index is 1.40. The highest BCUT2D eigenvalue weighted by atomic mass is 32.2. The van der Waals surface area contributed by atoms with E-state index in [0.29, 0.717) is 31.4 Å². The third kappa shape index (κ3) is 4.32. The van der Waals surface area contributed by atoms with E-state index in [-0.39, 0.29) is 36.0 Å². The van der Waals surface area contributed by atoms with Crippen molar-refractivity contribution in [3.63, 3.8) is 0 Å². The Hall–Kier alpha value is -1.71. The maximum atomic E-state index is 13.1. The van der Waals surface area contributed by atoms with Gasteiger partial charge in [0.05, 0.1) is 24.0 Å². The summed E-state index contributed by atoms with van der Waals surface area (Å²) >= 11 is 0. The minimum absolute atomic E-state index is 0.0990. The molecule has 1 saturated heterocycles. The number of carbonyl (C=O) groups excluding carboxylic acids is 1. The molecular weight excluding hydrogens is 418 g/mol. The predicted octanol–water partition coefficient (Wildman–Crippen LogP) is 1.88. The van der Waals surface area contributed by atoms with Crippen molar-refractivity contribution in [2.24, 2.45) is 0 Å². The van der Waals surface area contributed by atoms with Crippen molar-refractivity contribution >= 4 is 15.9 Å². The summed E-state index contributed by atoms with van der Waals surface area (Å²) in [7, 11) is -3.34. The topological polar surface area (TPSA) is 97.8 Å². The number of hydrogen-bond acceptors (Lipinski definition) is 6. The van der Waals surface area contributed by atoms with Crippen molar-refractivity contribution < 1.29 is 22.7 Å². The summed E-state index contributed by atoms with van der Waals surface area (Å²) in [6, 6.07) is 1.37. The lowest BCUT2D eigenvalue weighted by Gasteiger charge is -2.32. The first kappa shape index (κ1) is 21.2. The molecule has 3 aliphatic heterocycles. The van der Waals surface area contributed by atoms with Crippen LogP contribution in [-0.4, -0.2) is 67.4 Å². The second-order valence-corrected chi connectivity index (χ2v) is 11.3. The maximum Gasteiger partial charge on any atom is 0.260 e. The Morgan fingerprint density at radius 2 is 1.90 bits per heavy atom. The third-order valence-electron chi connectivity index (χ3n) is 7.23. The van der Waals surface area contributed by atoms with E-state index < -0.39 is 10.0 Å². The fraction of sp³-hybridized carbons (Fsp3) is 0.727. The number of fused-ring (bicyclic) bond motifs is 5. The molecule has 31 heavy (non-hydrogen) atoms. The van der Waals surface area contributed by atoms with Crippen LogP contribution < -0.4 is 9.46 Å². The molecule has 3 fully saturated rings. The van der Waals surface area contributed by atoms with Gasteiger partial charge in [-0.1, -0.05) is 0 Å². The summed E-state index contributed by atoms with van der Waals surface area (Å²) < 4.78 is 40.2. The lowest BCUT2D eigenvalue weighted by Crippen LogP contribution is -2.51. The number of carbonyl (C=O) groups is 1. The molecular formula is C22H31N3O5S. The minimum atomic E-state index is -3.34. The monoisotopic (exact) mass is 449 g/mol. The molecule has 0 radical (unpaired) electrons. The molecule has 2 atom stereocenters. The van der Waals surface area contributed by atoms with Crippen LogP contribution in [0.1, 0.15) is 62.0 Å². The Bertz CT molecular complexity index is 940. The van der Waals surface area contributed by atoms with Crippen LogP contribution in [0.4, 0.5) is 0 Å². The molecule has 1 aromatic heterocycles. The van der Waals surface area contributed by atoms with Gasteiger partial charge in [0.2, 0.25) is 15.9 Å². The van der Waals surface area contributed by atoms with Gasteiger partial charge in [-0.25, -0.2) is 18.1 Å². The van der Waals surface area contributed by atoms with E-state index in [1.807, 2.05) is 6.07 Å². The van der Waals surface area contributed by atoms with Gasteiger partial charge in [0.25, 0.3) is 5.91 Å². The number of nitrogens with zero attached hydrogens (tertiary/aromatic N) is 2. The average Bonchev–Trinajstić information content (AvgIpc) is 3.54. The Morgan fingerprint density at radius 3 is 2.65 bits per heavy atom. The highest BCUT2D eigenvalue weighted by molar-refractivity contribution is 7.90. The fourth-order valence-corrected chi connectivity index (χ4v) is 6.96. The van der Waals surface area contributed by atoms with Crippen LogP contribution >= 0.6 is 0 Å². The minimum Gasteiger partial charge on any atom is -0.467 e. The van der Waals surface area contributed by atoms with Gasteiger partial charge in [0, 0.05) is 24.3 Å². The van der Waals surface area contributed by atoms with Crippen molar-refractivity contribution in [3.8, 4) is 5.88 Å². The Morgan fingerprint density at radius 1 is 1.13 bits per heavy atom. The van der Waals surface area contributed by atoms with E-state index in [1.165, 1.54) is 0 Å². The van der Waals surface area contributed by atoms with E-state index >= 15 is 0 Å². The number of ether oxygens (including phenoxy) is 2. The number of aromatic nitrogens is 1. The lowest BCUT2D eigenvalue weighted by molar-refractivity contribution is -0.136. The van der Waals surface area contributed by atoms with Gasteiger partial charge < -0.3 is 14.4 Å². The summed E-state index contributed by atoms with van der Waals surface area (Å²) in [6.07, 6.45) is 7.76. The van der Waals surface area contributed by atoms with Crippen LogP contribution in [0.2, 0.25) is 0 Å². The average molecular weight is 450 g/mol. The molecule has 1 aromatic rings. The summed E-state index contributed by atoms with van der Waals surface area (Å²) in [6.45, 7) is 2.82. The molecule has 1 N–H and O–H groups in total. The molecule has 0 aromatic carbocycles. The van der Waals surface area contributed by atoms with E-state index in [9.17, 15) is 13.2 Å². The van der Waals surface area contributed by atoms with Crippen LogP contribution in [-0.2, 0) is 19.6 Å². The van der Waals surface area contributed by atoms with Crippen LogP contribution in [0.15, 0.2) is 12.3 Å². The standard InChI is InChI=1S/C22H31N3O5S/c1-14-8-10-23-22-21(14)15-2-4-16(5-3-15)29-12-19-18(24-31(27,28)17-6-7-17)9-11-25(19)20(26)13-30-22/h8,10,15-19,24H,2-7,9,11-13H2,1H3/t15-,16+,18-,19?/m0/s1. The number of hydrogen-bond donors (Lipinski definition) is 1. The van der Waals surface area contributed by atoms with Crippen LogP contribution in [0.5, 0.6) is 5.88 Å². The first-order valence-electron chi connectivity index (χ1n) is 11.4. The zero-order valence-corrected chi connectivity index (χ0v) is 18.8. The second-order valence-electron chi connectivity index (χ2n) is 9.35. The molecule has 9 heteroatoms. The Labute approximate surface area is 183 Å². The molecule has 1 unspecified atom stereocenters. The van der Waals surface area contributed by atoms with Crippen molar-refractivity contribution in [2.45, 2.75) is 81.2 Å². The molecule has 4 heterocycles. The zero-order valence-electron chi connectivity index (χ0n) is 18.0. The van der Waals surface area contributed by atoms with Gasteiger partial charge in [-0.15, -0.1) is 0 Å². The van der Waals surface area contributed by atoms with E-state index in [0.717, 1.165) is 49.7 Å². The first-order valence-corrected chi connectivity index (χ1v) is 13.0. The highest BCUT2D eigenvalue weighted by Crippen LogP contribution is 2.40. The Kier molecular flexibility index (Phi) is 5.68.